The largest absolute Gasteiger partial charge is 0.494 e. The van der Waals surface area contributed by atoms with Gasteiger partial charge in [0.1, 0.15) is 28.8 Å². The number of imidazole rings is 1. The van der Waals surface area contributed by atoms with Gasteiger partial charge in [0.05, 0.1) is 18.5 Å². The van der Waals surface area contributed by atoms with Crippen molar-refractivity contribution in [3.63, 3.8) is 0 Å². The molecule has 8 nitrogen and oxygen atoms in total. The second kappa shape index (κ2) is 8.86. The number of benzene rings is 2. The number of methoxy groups -OCH3 is 2. The van der Waals surface area contributed by atoms with E-state index in [1.807, 2.05) is 42.5 Å². The first-order valence-electron chi connectivity index (χ1n) is 10.9. The summed E-state index contributed by atoms with van der Waals surface area (Å²) < 4.78 is 16.7. The summed E-state index contributed by atoms with van der Waals surface area (Å²) in [7, 11) is 3.22. The molecule has 0 aliphatic carbocycles. The lowest BCUT2D eigenvalue weighted by Gasteiger charge is -2.23. The van der Waals surface area contributed by atoms with Gasteiger partial charge < -0.3 is 19.2 Å². The number of nitrogens with zero attached hydrogens (tertiary/aromatic N) is 2. The standard InChI is InChI=1S/C25H29N3O5/c1-25(2,3)33-24(30)28-14-13-17(23(28)29)16-11-12-18(31-4)20-19(16)26-22(27-20)21(32-5)15-9-7-6-8-10-15/h6-12,17,21H,13-14H2,1-5H3,(H,26,27). The Labute approximate surface area is 192 Å². The second-order valence-electron chi connectivity index (χ2n) is 9.04. The van der Waals surface area contributed by atoms with Crippen molar-refractivity contribution in [1.82, 2.24) is 14.9 Å². The molecule has 4 rings (SSSR count). The second-order valence-corrected chi connectivity index (χ2v) is 9.04. The number of hydrogen-bond donors (Lipinski definition) is 1. The number of carbonyl (C=O) groups excluding carboxylic acids is 2. The summed E-state index contributed by atoms with van der Waals surface area (Å²) in [6.45, 7) is 5.63. The van der Waals surface area contributed by atoms with E-state index in [0.29, 0.717) is 35.6 Å². The van der Waals surface area contributed by atoms with Gasteiger partial charge in [-0.15, -0.1) is 0 Å². The maximum absolute atomic E-state index is 13.2. The van der Waals surface area contributed by atoms with Gasteiger partial charge in [-0.3, -0.25) is 4.79 Å². The summed E-state index contributed by atoms with van der Waals surface area (Å²) in [6.07, 6.45) is -0.534. The van der Waals surface area contributed by atoms with Crippen molar-refractivity contribution < 1.29 is 23.8 Å². The van der Waals surface area contributed by atoms with Gasteiger partial charge in [0.2, 0.25) is 5.91 Å². The van der Waals surface area contributed by atoms with Gasteiger partial charge in [0.15, 0.2) is 0 Å². The van der Waals surface area contributed by atoms with Crippen LogP contribution in [0.2, 0.25) is 0 Å². The predicted molar refractivity (Wildman–Crippen MR) is 123 cm³/mol. The summed E-state index contributed by atoms with van der Waals surface area (Å²) >= 11 is 0. The van der Waals surface area contributed by atoms with Crippen LogP contribution in [0.3, 0.4) is 0 Å². The number of carbonyl (C=O) groups is 2. The Bertz CT molecular complexity index is 1170. The Hall–Kier alpha value is -3.39. The normalized spacial score (nSPS) is 17.4. The third-order valence-electron chi connectivity index (χ3n) is 5.66. The first kappa shape index (κ1) is 22.8. The van der Waals surface area contributed by atoms with E-state index in [2.05, 4.69) is 4.98 Å². The molecule has 174 valence electrons. The Balaban J connectivity index is 1.72. The molecule has 0 saturated carbocycles. The van der Waals surface area contributed by atoms with Crippen LogP contribution in [0.5, 0.6) is 5.75 Å². The van der Waals surface area contributed by atoms with Crippen LogP contribution in [0.1, 0.15) is 56.2 Å². The summed E-state index contributed by atoms with van der Waals surface area (Å²) in [5.74, 6) is 0.440. The highest BCUT2D eigenvalue weighted by Crippen LogP contribution is 2.38. The smallest absolute Gasteiger partial charge is 0.417 e. The number of ether oxygens (including phenoxy) is 3. The molecular weight excluding hydrogens is 422 g/mol. The molecule has 0 radical (unpaired) electrons. The number of aromatic amines is 1. The molecule has 0 bridgehead atoms. The SMILES string of the molecule is COc1ccc(C2CCN(C(=O)OC(C)(C)C)C2=O)c2nc(C(OC)c3ccccc3)[nH]c12. The van der Waals surface area contributed by atoms with Crippen LogP contribution in [0, 0.1) is 0 Å². The zero-order valence-corrected chi connectivity index (χ0v) is 19.5. The molecule has 8 heteroatoms. The Morgan fingerprint density at radius 1 is 1.15 bits per heavy atom. The molecule has 2 aromatic carbocycles. The van der Waals surface area contributed by atoms with Crippen molar-refractivity contribution in [3.8, 4) is 5.75 Å². The molecule has 0 spiro atoms. The van der Waals surface area contributed by atoms with Crippen LogP contribution >= 0.6 is 0 Å². The zero-order chi connectivity index (χ0) is 23.8. The highest BCUT2D eigenvalue weighted by Gasteiger charge is 2.40. The van der Waals surface area contributed by atoms with E-state index in [-0.39, 0.29) is 5.91 Å². The molecule has 2 unspecified atom stereocenters. The quantitative estimate of drug-likeness (QED) is 0.611. The van der Waals surface area contributed by atoms with E-state index in [9.17, 15) is 9.59 Å². The minimum absolute atomic E-state index is 0.286. The van der Waals surface area contributed by atoms with Crippen LogP contribution in [0.15, 0.2) is 42.5 Å². The van der Waals surface area contributed by atoms with Crippen LogP contribution in [-0.2, 0) is 14.3 Å². The van der Waals surface area contributed by atoms with E-state index in [1.54, 1.807) is 35.0 Å². The van der Waals surface area contributed by atoms with Crippen LogP contribution in [0.25, 0.3) is 11.0 Å². The monoisotopic (exact) mass is 451 g/mol. The highest BCUT2D eigenvalue weighted by molar-refractivity contribution is 6.00. The molecular formula is C25H29N3O5. The summed E-state index contributed by atoms with van der Waals surface area (Å²) in [4.78, 5) is 35.0. The van der Waals surface area contributed by atoms with Gasteiger partial charge in [-0.25, -0.2) is 14.7 Å². The lowest BCUT2D eigenvalue weighted by Crippen LogP contribution is -2.38. The Morgan fingerprint density at radius 2 is 1.88 bits per heavy atom. The molecule has 1 saturated heterocycles. The average Bonchev–Trinajstić information content (AvgIpc) is 3.37. The van der Waals surface area contributed by atoms with Crippen LogP contribution < -0.4 is 4.74 Å². The average molecular weight is 452 g/mol. The lowest BCUT2D eigenvalue weighted by atomic mass is 9.96. The fraction of sp³-hybridized carbons (Fsp3) is 0.400. The first-order valence-corrected chi connectivity index (χ1v) is 10.9. The Kier molecular flexibility index (Phi) is 6.12. The number of amides is 2. The molecule has 2 heterocycles. The predicted octanol–water partition coefficient (Wildman–Crippen LogP) is 4.56. The van der Waals surface area contributed by atoms with E-state index in [4.69, 9.17) is 19.2 Å². The van der Waals surface area contributed by atoms with Crippen LogP contribution in [-0.4, -0.2) is 53.2 Å². The number of hydrogen-bond acceptors (Lipinski definition) is 6. The molecule has 2 amide bonds. The molecule has 1 aliphatic heterocycles. The van der Waals surface area contributed by atoms with E-state index in [1.165, 1.54) is 4.90 Å². The summed E-state index contributed by atoms with van der Waals surface area (Å²) in [6, 6.07) is 13.4. The van der Waals surface area contributed by atoms with Gasteiger partial charge in [-0.05, 0) is 44.4 Å². The first-order chi connectivity index (χ1) is 15.7. The van der Waals surface area contributed by atoms with Crippen molar-refractivity contribution in [2.45, 2.75) is 44.8 Å². The van der Waals surface area contributed by atoms with Gasteiger partial charge in [0.25, 0.3) is 0 Å². The molecule has 1 fully saturated rings. The fourth-order valence-corrected chi connectivity index (χ4v) is 4.18. The minimum Gasteiger partial charge on any atom is -0.494 e. The molecule has 1 aliphatic rings. The third kappa shape index (κ3) is 4.43. The van der Waals surface area contributed by atoms with Crippen molar-refractivity contribution in [1.29, 1.82) is 0 Å². The van der Waals surface area contributed by atoms with Crippen molar-refractivity contribution >= 4 is 23.0 Å². The molecule has 33 heavy (non-hydrogen) atoms. The van der Waals surface area contributed by atoms with Gasteiger partial charge >= 0.3 is 6.09 Å². The lowest BCUT2D eigenvalue weighted by molar-refractivity contribution is -0.128. The number of rotatable bonds is 5. The zero-order valence-electron chi connectivity index (χ0n) is 19.5. The fourth-order valence-electron chi connectivity index (χ4n) is 4.18. The van der Waals surface area contributed by atoms with Gasteiger partial charge in [-0.1, -0.05) is 36.4 Å². The number of aromatic nitrogens is 2. The maximum atomic E-state index is 13.2. The molecule has 1 N–H and O–H groups in total. The third-order valence-corrected chi connectivity index (χ3v) is 5.66. The summed E-state index contributed by atoms with van der Waals surface area (Å²) in [5, 5.41) is 0. The molecule has 3 aromatic rings. The number of H-pyrrole nitrogens is 1. The number of likely N-dealkylation sites (tertiary alicyclic amines) is 1. The minimum atomic E-state index is -0.674. The van der Waals surface area contributed by atoms with Gasteiger partial charge in [0, 0.05) is 13.7 Å². The summed E-state index contributed by atoms with van der Waals surface area (Å²) in [5.41, 5.74) is 2.34. The Morgan fingerprint density at radius 3 is 2.52 bits per heavy atom. The molecule has 2 atom stereocenters. The topological polar surface area (TPSA) is 93.8 Å². The molecule has 1 aromatic heterocycles. The highest BCUT2D eigenvalue weighted by atomic mass is 16.6. The number of fused-ring (bicyclic) bond motifs is 1. The van der Waals surface area contributed by atoms with E-state index in [0.717, 1.165) is 11.1 Å². The number of nitrogens with one attached hydrogen (secondary N) is 1. The van der Waals surface area contributed by atoms with Crippen molar-refractivity contribution in [2.75, 3.05) is 20.8 Å². The maximum Gasteiger partial charge on any atom is 0.417 e. The van der Waals surface area contributed by atoms with E-state index < -0.39 is 23.7 Å². The van der Waals surface area contributed by atoms with Gasteiger partial charge in [-0.2, -0.15) is 0 Å². The van der Waals surface area contributed by atoms with Crippen LogP contribution in [0.4, 0.5) is 4.79 Å². The number of imide groups is 1. The van der Waals surface area contributed by atoms with Crippen molar-refractivity contribution in [3.05, 3.63) is 59.4 Å². The van der Waals surface area contributed by atoms with E-state index >= 15 is 0 Å². The van der Waals surface area contributed by atoms with Crippen molar-refractivity contribution in [2.24, 2.45) is 0 Å².